The van der Waals surface area contributed by atoms with E-state index in [0.717, 1.165) is 31.5 Å². The van der Waals surface area contributed by atoms with Gasteiger partial charge in [-0.1, -0.05) is 34.5 Å². The summed E-state index contributed by atoms with van der Waals surface area (Å²) in [6.45, 7) is 8.14. The Hall–Kier alpha value is -2.86. The Morgan fingerprint density at radius 1 is 1.19 bits per heavy atom. The minimum atomic E-state index is -0.0499. The van der Waals surface area contributed by atoms with Gasteiger partial charge in [0.1, 0.15) is 6.54 Å². The van der Waals surface area contributed by atoms with E-state index in [-0.39, 0.29) is 17.9 Å². The maximum Gasteiger partial charge on any atom is 0.246 e. The second kappa shape index (κ2) is 9.74. The zero-order chi connectivity index (χ0) is 22.7. The van der Waals surface area contributed by atoms with Crippen LogP contribution in [0.15, 0.2) is 53.1 Å². The molecule has 1 fully saturated rings. The van der Waals surface area contributed by atoms with Gasteiger partial charge in [-0.3, -0.25) is 4.79 Å². The number of anilines is 1. The number of aryl methyl sites for hydroxylation is 1. The first kappa shape index (κ1) is 22.3. The molecule has 32 heavy (non-hydrogen) atoms. The first-order chi connectivity index (χ1) is 15.4. The summed E-state index contributed by atoms with van der Waals surface area (Å²) < 4.78 is 5.47. The van der Waals surface area contributed by atoms with Gasteiger partial charge in [-0.15, -0.1) is 0 Å². The summed E-state index contributed by atoms with van der Waals surface area (Å²) >= 11 is 5.96. The van der Waals surface area contributed by atoms with Crippen LogP contribution in [-0.2, 0) is 11.3 Å². The van der Waals surface area contributed by atoms with E-state index >= 15 is 0 Å². The van der Waals surface area contributed by atoms with Crippen LogP contribution in [0.1, 0.15) is 38.1 Å². The van der Waals surface area contributed by atoms with E-state index in [1.54, 1.807) is 12.1 Å². The summed E-state index contributed by atoms with van der Waals surface area (Å²) in [5.41, 5.74) is 3.24. The van der Waals surface area contributed by atoms with E-state index in [1.807, 2.05) is 30.9 Å². The van der Waals surface area contributed by atoms with Crippen LogP contribution in [-0.4, -0.2) is 40.1 Å². The molecule has 1 aliphatic rings. The highest BCUT2D eigenvalue weighted by atomic mass is 35.5. The number of hydrogen-bond donors (Lipinski definition) is 0. The van der Waals surface area contributed by atoms with Gasteiger partial charge in [-0.25, -0.2) is 0 Å². The zero-order valence-corrected chi connectivity index (χ0v) is 19.5. The Morgan fingerprint density at radius 3 is 2.59 bits per heavy atom. The lowest BCUT2D eigenvalue weighted by atomic mass is 9.95. The van der Waals surface area contributed by atoms with Gasteiger partial charge in [0.15, 0.2) is 0 Å². The smallest absolute Gasteiger partial charge is 0.246 e. The lowest BCUT2D eigenvalue weighted by Gasteiger charge is -2.37. The van der Waals surface area contributed by atoms with Crippen LogP contribution in [0.5, 0.6) is 0 Å². The Balaban J connectivity index is 1.46. The molecule has 2 aromatic carbocycles. The Morgan fingerprint density at radius 2 is 1.91 bits per heavy atom. The molecule has 0 N–H and O–H groups in total. The molecule has 6 nitrogen and oxygen atoms in total. The normalized spacial score (nSPS) is 16.4. The molecule has 1 atom stereocenters. The molecule has 1 aromatic heterocycles. The number of halogens is 1. The number of benzene rings is 2. The molecule has 0 unspecified atom stereocenters. The fourth-order valence-corrected chi connectivity index (χ4v) is 4.23. The van der Waals surface area contributed by atoms with E-state index in [0.29, 0.717) is 23.3 Å². The third-order valence-corrected chi connectivity index (χ3v) is 6.20. The lowest BCUT2D eigenvalue weighted by Crippen LogP contribution is -2.47. The topological polar surface area (TPSA) is 62.5 Å². The molecule has 7 heteroatoms. The molecule has 0 bridgehead atoms. The molecule has 2 heterocycles. The van der Waals surface area contributed by atoms with Crippen molar-refractivity contribution in [2.75, 3.05) is 18.0 Å². The zero-order valence-electron chi connectivity index (χ0n) is 18.8. The number of rotatable bonds is 6. The van der Waals surface area contributed by atoms with Crippen LogP contribution in [0.3, 0.4) is 0 Å². The molecule has 3 aromatic rings. The Labute approximate surface area is 194 Å². The lowest BCUT2D eigenvalue weighted by molar-refractivity contribution is -0.138. The van der Waals surface area contributed by atoms with Gasteiger partial charge in [0.05, 0.1) is 5.92 Å². The van der Waals surface area contributed by atoms with E-state index in [1.165, 1.54) is 11.3 Å². The monoisotopic (exact) mass is 452 g/mol. The van der Waals surface area contributed by atoms with Gasteiger partial charge in [-0.2, -0.15) is 4.98 Å². The number of hydrogen-bond acceptors (Lipinski definition) is 5. The van der Waals surface area contributed by atoms with Crippen LogP contribution in [0.25, 0.3) is 11.4 Å². The van der Waals surface area contributed by atoms with E-state index in [2.05, 4.69) is 46.2 Å². The second-order valence-corrected chi connectivity index (χ2v) is 9.14. The predicted molar refractivity (Wildman–Crippen MR) is 127 cm³/mol. The van der Waals surface area contributed by atoms with Crippen LogP contribution >= 0.6 is 11.6 Å². The predicted octanol–water partition coefficient (Wildman–Crippen LogP) is 5.35. The molecule has 1 aliphatic heterocycles. The first-order valence-electron chi connectivity index (χ1n) is 11.1. The van der Waals surface area contributed by atoms with Gasteiger partial charge in [0.2, 0.25) is 17.6 Å². The fraction of sp³-hybridized carbons (Fsp3) is 0.400. The van der Waals surface area contributed by atoms with E-state index < -0.39 is 0 Å². The van der Waals surface area contributed by atoms with Crippen molar-refractivity contribution in [3.63, 3.8) is 0 Å². The fourth-order valence-electron chi connectivity index (χ4n) is 4.10. The van der Waals surface area contributed by atoms with E-state index in [4.69, 9.17) is 16.1 Å². The first-order valence-corrected chi connectivity index (χ1v) is 11.5. The number of amides is 1. The van der Waals surface area contributed by atoms with Crippen molar-refractivity contribution in [2.45, 2.75) is 46.2 Å². The molecular formula is C25H29ClN4O2. The largest absolute Gasteiger partial charge is 0.371 e. The summed E-state index contributed by atoms with van der Waals surface area (Å²) in [6.07, 6.45) is 1.89. The third kappa shape index (κ3) is 5.13. The van der Waals surface area contributed by atoms with Crippen molar-refractivity contribution in [3.05, 3.63) is 65.0 Å². The van der Waals surface area contributed by atoms with Crippen molar-refractivity contribution < 1.29 is 9.32 Å². The minimum Gasteiger partial charge on any atom is -0.371 e. The maximum absolute atomic E-state index is 13.5. The molecule has 4 rings (SSSR count). The summed E-state index contributed by atoms with van der Waals surface area (Å²) in [5, 5.41) is 4.74. The SMILES string of the molecule is Cc1ccc(N2CCC[C@@H](C(=O)N(Cc3nc(-c4ccc(Cl)cc4)no3)C(C)C)C2)cc1. The standard InChI is InChI=1S/C25H29ClN4O2/c1-17(2)30(16-23-27-24(28-32-23)19-8-10-21(26)11-9-19)25(31)20-5-4-14-29(15-20)22-12-6-18(3)7-13-22/h6-13,17,20H,4-5,14-16H2,1-3H3/t20-/m1/s1. The minimum absolute atomic E-state index is 0.0307. The molecule has 0 saturated carbocycles. The highest BCUT2D eigenvalue weighted by Crippen LogP contribution is 2.26. The highest BCUT2D eigenvalue weighted by molar-refractivity contribution is 6.30. The number of carbonyl (C=O) groups excluding carboxylic acids is 1. The maximum atomic E-state index is 13.5. The number of nitrogens with zero attached hydrogens (tertiary/aromatic N) is 4. The van der Waals surface area contributed by atoms with Crippen molar-refractivity contribution in [1.29, 1.82) is 0 Å². The molecular weight excluding hydrogens is 424 g/mol. The van der Waals surface area contributed by atoms with Gasteiger partial charge < -0.3 is 14.3 Å². The average molecular weight is 453 g/mol. The number of carbonyl (C=O) groups is 1. The molecule has 0 spiro atoms. The van der Waals surface area contributed by atoms with Crippen molar-refractivity contribution in [1.82, 2.24) is 15.0 Å². The third-order valence-electron chi connectivity index (χ3n) is 5.95. The van der Waals surface area contributed by atoms with Gasteiger partial charge in [-0.05, 0) is 70.0 Å². The summed E-state index contributed by atoms with van der Waals surface area (Å²) in [5.74, 6) is 1.02. The van der Waals surface area contributed by atoms with Crippen molar-refractivity contribution in [2.24, 2.45) is 5.92 Å². The van der Waals surface area contributed by atoms with Gasteiger partial charge >= 0.3 is 0 Å². The molecule has 0 radical (unpaired) electrons. The van der Waals surface area contributed by atoms with Gasteiger partial charge in [0.25, 0.3) is 0 Å². The van der Waals surface area contributed by atoms with Crippen molar-refractivity contribution in [3.8, 4) is 11.4 Å². The summed E-state index contributed by atoms with van der Waals surface area (Å²) in [4.78, 5) is 22.2. The summed E-state index contributed by atoms with van der Waals surface area (Å²) in [7, 11) is 0. The molecule has 0 aliphatic carbocycles. The van der Waals surface area contributed by atoms with Crippen molar-refractivity contribution >= 4 is 23.2 Å². The van der Waals surface area contributed by atoms with Gasteiger partial charge in [0, 0.05) is 35.4 Å². The number of piperidine rings is 1. The molecule has 1 amide bonds. The Kier molecular flexibility index (Phi) is 6.80. The van der Waals surface area contributed by atoms with Crippen LogP contribution < -0.4 is 4.90 Å². The Bertz CT molecular complexity index is 1050. The van der Waals surface area contributed by atoms with E-state index in [9.17, 15) is 4.79 Å². The molecule has 168 valence electrons. The average Bonchev–Trinajstić information content (AvgIpc) is 3.26. The van der Waals surface area contributed by atoms with Crippen LogP contribution in [0, 0.1) is 12.8 Å². The second-order valence-electron chi connectivity index (χ2n) is 8.70. The van der Waals surface area contributed by atoms with Crippen LogP contribution in [0.4, 0.5) is 5.69 Å². The quantitative estimate of drug-likeness (QED) is 0.504. The summed E-state index contributed by atoms with van der Waals surface area (Å²) in [6, 6.07) is 15.8. The highest BCUT2D eigenvalue weighted by Gasteiger charge is 2.31. The molecule has 1 saturated heterocycles. The number of aromatic nitrogens is 2. The van der Waals surface area contributed by atoms with Crippen LogP contribution in [0.2, 0.25) is 5.02 Å².